The third-order valence-electron chi connectivity index (χ3n) is 6.27. The number of aryl methyl sites for hydroxylation is 2. The van der Waals surface area contributed by atoms with Crippen LogP contribution in [0.25, 0.3) is 6.08 Å². The number of rotatable bonds is 8. The van der Waals surface area contributed by atoms with E-state index in [-0.39, 0.29) is 11.6 Å². The lowest BCUT2D eigenvalue weighted by Gasteiger charge is -2.32. The summed E-state index contributed by atoms with van der Waals surface area (Å²) < 4.78 is 2.03. The molecule has 0 bridgehead atoms. The van der Waals surface area contributed by atoms with E-state index in [1.54, 1.807) is 0 Å². The Balaban J connectivity index is 1.45. The third-order valence-corrected chi connectivity index (χ3v) is 6.27. The fraction of sp³-hybridized carbons (Fsp3) is 0.320. The molecule has 0 amide bonds. The van der Waals surface area contributed by atoms with E-state index >= 15 is 0 Å². The van der Waals surface area contributed by atoms with E-state index in [2.05, 4.69) is 16.4 Å². The van der Waals surface area contributed by atoms with Crippen LogP contribution in [-0.4, -0.2) is 27.7 Å². The smallest absolute Gasteiger partial charge is 0.180 e. The molecule has 4 N–H and O–H groups in total. The molecule has 0 saturated carbocycles. The Morgan fingerprint density at radius 3 is 2.90 bits per heavy atom. The van der Waals surface area contributed by atoms with Crippen LogP contribution in [0, 0.1) is 10.8 Å². The molecule has 1 aromatic heterocycles. The van der Waals surface area contributed by atoms with Crippen LogP contribution in [0.2, 0.25) is 0 Å². The first kappa shape index (κ1) is 20.8. The van der Waals surface area contributed by atoms with Crippen molar-refractivity contribution in [3.05, 3.63) is 77.4 Å². The minimum atomic E-state index is -1.05. The van der Waals surface area contributed by atoms with Gasteiger partial charge >= 0.3 is 0 Å². The third kappa shape index (κ3) is 4.10. The first-order valence-electron chi connectivity index (χ1n) is 10.8. The van der Waals surface area contributed by atoms with Crippen molar-refractivity contribution >= 4 is 23.4 Å². The number of para-hydroxylation sites is 1. The highest BCUT2D eigenvalue weighted by Crippen LogP contribution is 2.38. The maximum Gasteiger partial charge on any atom is 0.180 e. The molecule has 2 heterocycles. The summed E-state index contributed by atoms with van der Waals surface area (Å²) in [4.78, 5) is 17.9. The normalized spacial score (nSPS) is 20.0. The summed E-state index contributed by atoms with van der Waals surface area (Å²) in [7, 11) is 2.00. The summed E-state index contributed by atoms with van der Waals surface area (Å²) in [5.74, 6) is 0.921. The van der Waals surface area contributed by atoms with E-state index in [4.69, 9.17) is 11.1 Å². The number of nitrogens with two attached hydrogens (primary N) is 1. The van der Waals surface area contributed by atoms with Gasteiger partial charge in [-0.25, -0.2) is 4.98 Å². The Morgan fingerprint density at radius 1 is 1.29 bits per heavy atom. The molecule has 2 aliphatic rings. The van der Waals surface area contributed by atoms with Crippen molar-refractivity contribution in [2.75, 3.05) is 11.9 Å². The zero-order valence-electron chi connectivity index (χ0n) is 17.9. The van der Waals surface area contributed by atoms with Gasteiger partial charge in [-0.2, -0.15) is 0 Å². The van der Waals surface area contributed by atoms with Crippen molar-refractivity contribution in [1.82, 2.24) is 9.55 Å². The number of fused-ring (bicyclic) bond motifs is 1. The highest BCUT2D eigenvalue weighted by molar-refractivity contribution is 6.19. The fourth-order valence-electron chi connectivity index (χ4n) is 4.38. The van der Waals surface area contributed by atoms with Gasteiger partial charge in [0.05, 0.1) is 0 Å². The summed E-state index contributed by atoms with van der Waals surface area (Å²) in [5.41, 5.74) is 8.67. The molecule has 1 aliphatic heterocycles. The van der Waals surface area contributed by atoms with Gasteiger partial charge in [0.15, 0.2) is 5.78 Å². The van der Waals surface area contributed by atoms with E-state index in [0.29, 0.717) is 18.5 Å². The highest BCUT2D eigenvalue weighted by Gasteiger charge is 2.42. The van der Waals surface area contributed by atoms with Crippen LogP contribution >= 0.6 is 0 Å². The second kappa shape index (κ2) is 8.76. The number of Topliss-reactive ketones (excluding diaryl/α,β-unsaturated/α-hetero) is 1. The molecule has 6 heteroatoms. The van der Waals surface area contributed by atoms with Gasteiger partial charge in [-0.15, -0.1) is 0 Å². The lowest BCUT2D eigenvalue weighted by Crippen LogP contribution is -2.44. The fourth-order valence-corrected chi connectivity index (χ4v) is 4.38. The summed E-state index contributed by atoms with van der Waals surface area (Å²) >= 11 is 0. The summed E-state index contributed by atoms with van der Waals surface area (Å²) in [6.45, 7) is 0.583. The van der Waals surface area contributed by atoms with Crippen molar-refractivity contribution < 1.29 is 4.79 Å². The molecule has 0 fully saturated rings. The number of carbonyl (C=O) groups is 1. The number of nitrogens with zero attached hydrogens (tertiary/aromatic N) is 2. The number of hydrogen-bond donors (Lipinski definition) is 3. The number of imidazole rings is 1. The van der Waals surface area contributed by atoms with Gasteiger partial charge in [0.2, 0.25) is 0 Å². The molecule has 0 spiro atoms. The number of amidine groups is 1. The Hall–Kier alpha value is -3.41. The van der Waals surface area contributed by atoms with E-state index in [1.165, 1.54) is 0 Å². The molecule has 1 unspecified atom stereocenters. The molecule has 0 saturated heterocycles. The second-order valence-electron chi connectivity index (χ2n) is 8.28. The summed E-state index contributed by atoms with van der Waals surface area (Å²) in [6, 6.07) is 8.05. The zero-order valence-corrected chi connectivity index (χ0v) is 17.9. The molecular weight excluding hydrogens is 386 g/mol. The minimum Gasteiger partial charge on any atom is -0.387 e. The average molecular weight is 416 g/mol. The standard InChI is InChI=1S/C25H29N5O/c1-30-15-14-28-22(30)11-3-2-6-12-25(24(26)27)13-7-9-20(23(25)31)19-16-18-8-4-5-10-21(18)29-17-19/h4-5,7-10,13-16,29H,2-3,6,11-12,17H2,1H3,(H3,26,27). The van der Waals surface area contributed by atoms with E-state index in [0.717, 1.165) is 48.3 Å². The van der Waals surface area contributed by atoms with Gasteiger partial charge in [0.25, 0.3) is 0 Å². The number of benzene rings is 1. The largest absolute Gasteiger partial charge is 0.387 e. The van der Waals surface area contributed by atoms with E-state index in [9.17, 15) is 4.79 Å². The van der Waals surface area contributed by atoms with Crippen LogP contribution < -0.4 is 11.1 Å². The monoisotopic (exact) mass is 415 g/mol. The van der Waals surface area contributed by atoms with Gasteiger partial charge < -0.3 is 15.6 Å². The predicted octanol–water partition coefficient (Wildman–Crippen LogP) is 4.02. The Bertz CT molecular complexity index is 1090. The van der Waals surface area contributed by atoms with Crippen LogP contribution in [0.15, 0.2) is 66.0 Å². The number of carbonyl (C=O) groups excluding carboxylic acids is 1. The first-order chi connectivity index (χ1) is 15.0. The molecule has 6 nitrogen and oxygen atoms in total. The average Bonchev–Trinajstić information content (AvgIpc) is 3.18. The van der Waals surface area contributed by atoms with Gasteiger partial charge in [-0.1, -0.05) is 49.3 Å². The van der Waals surface area contributed by atoms with Crippen molar-refractivity contribution in [3.63, 3.8) is 0 Å². The van der Waals surface area contributed by atoms with Crippen molar-refractivity contribution in [3.8, 4) is 0 Å². The number of ketones is 1. The maximum atomic E-state index is 13.6. The molecule has 1 atom stereocenters. The predicted molar refractivity (Wildman–Crippen MR) is 125 cm³/mol. The summed E-state index contributed by atoms with van der Waals surface area (Å²) in [5, 5.41) is 11.6. The number of unbranched alkanes of at least 4 members (excludes halogenated alkanes) is 2. The Morgan fingerprint density at radius 2 is 2.13 bits per heavy atom. The van der Waals surface area contributed by atoms with Crippen LogP contribution in [-0.2, 0) is 18.3 Å². The molecule has 160 valence electrons. The Labute approximate surface area is 183 Å². The number of anilines is 1. The van der Waals surface area contributed by atoms with E-state index in [1.807, 2.05) is 66.5 Å². The van der Waals surface area contributed by atoms with Crippen molar-refractivity contribution in [2.45, 2.75) is 32.1 Å². The molecule has 2 aromatic rings. The van der Waals surface area contributed by atoms with Crippen molar-refractivity contribution in [2.24, 2.45) is 18.2 Å². The molecule has 1 aromatic carbocycles. The SMILES string of the molecule is Cn1ccnc1CCCCCC1(C(=N)N)C=CC=C(C2=Cc3ccccc3NC2)C1=O. The molecule has 1 aliphatic carbocycles. The van der Waals surface area contributed by atoms with Gasteiger partial charge in [0, 0.05) is 43.7 Å². The molecular formula is C25H29N5O. The molecule has 4 rings (SSSR count). The quantitative estimate of drug-likeness (QED) is 0.345. The van der Waals surface area contributed by atoms with Gasteiger partial charge in [0.1, 0.15) is 17.1 Å². The van der Waals surface area contributed by atoms with Crippen LogP contribution in [0.5, 0.6) is 0 Å². The van der Waals surface area contributed by atoms with Crippen LogP contribution in [0.3, 0.4) is 0 Å². The number of hydrogen-bond acceptors (Lipinski definition) is 4. The maximum absolute atomic E-state index is 13.6. The molecule has 31 heavy (non-hydrogen) atoms. The lowest BCUT2D eigenvalue weighted by molar-refractivity contribution is -0.120. The summed E-state index contributed by atoms with van der Waals surface area (Å²) in [6.07, 6.45) is 15.6. The van der Waals surface area contributed by atoms with Crippen LogP contribution in [0.4, 0.5) is 5.69 Å². The van der Waals surface area contributed by atoms with Gasteiger partial charge in [-0.3, -0.25) is 10.2 Å². The topological polar surface area (TPSA) is 96.8 Å². The van der Waals surface area contributed by atoms with Crippen LogP contribution in [0.1, 0.15) is 37.1 Å². The second-order valence-corrected chi connectivity index (χ2v) is 8.28. The van der Waals surface area contributed by atoms with Crippen molar-refractivity contribution in [1.29, 1.82) is 5.41 Å². The lowest BCUT2D eigenvalue weighted by atomic mass is 9.70. The number of nitrogens with one attached hydrogen (secondary N) is 2. The minimum absolute atomic E-state index is 0.0703. The number of aromatic nitrogens is 2. The Kier molecular flexibility index (Phi) is 5.89. The zero-order chi connectivity index (χ0) is 21.8. The molecule has 0 radical (unpaired) electrons. The highest BCUT2D eigenvalue weighted by atomic mass is 16.1. The van der Waals surface area contributed by atoms with E-state index < -0.39 is 5.41 Å². The first-order valence-corrected chi connectivity index (χ1v) is 10.8. The number of allylic oxidation sites excluding steroid dienone is 2. The van der Waals surface area contributed by atoms with Gasteiger partial charge in [-0.05, 0) is 36.1 Å².